The molecule has 0 aliphatic heterocycles. The number of carboxylic acids is 1. The number of thiophene rings is 1. The van der Waals surface area contributed by atoms with Gasteiger partial charge in [0, 0.05) is 10.8 Å². The molecule has 1 aromatic heterocycles. The summed E-state index contributed by atoms with van der Waals surface area (Å²) in [5, 5.41) is 20.7. The lowest BCUT2D eigenvalue weighted by Gasteiger charge is -1.99. The van der Waals surface area contributed by atoms with Crippen LogP contribution in [-0.2, 0) is 0 Å². The maximum Gasteiger partial charge on any atom is 0.337 e. The monoisotopic (exact) mass is 208 g/mol. The first-order chi connectivity index (χ1) is 6.61. The molecule has 1 heterocycles. The van der Waals surface area contributed by atoms with Gasteiger partial charge < -0.3 is 10.2 Å². The molecule has 0 saturated heterocycles. The van der Waals surface area contributed by atoms with Crippen LogP contribution in [0.4, 0.5) is 0 Å². The van der Waals surface area contributed by atoms with Crippen molar-refractivity contribution >= 4 is 27.4 Å². The molecule has 0 bridgehead atoms. The zero-order valence-corrected chi connectivity index (χ0v) is 8.26. The van der Waals surface area contributed by atoms with Gasteiger partial charge in [0.05, 0.1) is 10.3 Å². The lowest BCUT2D eigenvalue weighted by Crippen LogP contribution is -1.93. The Morgan fingerprint density at radius 3 is 2.79 bits per heavy atom. The van der Waals surface area contributed by atoms with Gasteiger partial charge >= 0.3 is 5.97 Å². The third kappa shape index (κ3) is 1.15. The Kier molecular flexibility index (Phi) is 1.93. The van der Waals surface area contributed by atoms with E-state index in [1.54, 1.807) is 24.4 Å². The summed E-state index contributed by atoms with van der Waals surface area (Å²) in [4.78, 5) is 10.8. The van der Waals surface area contributed by atoms with Crippen LogP contribution in [-0.4, -0.2) is 16.2 Å². The van der Waals surface area contributed by atoms with Crippen molar-refractivity contribution in [2.45, 2.75) is 6.92 Å². The van der Waals surface area contributed by atoms with Crippen molar-refractivity contribution in [2.75, 3.05) is 0 Å². The SMILES string of the molecule is Cc1ccc2c(C(=O)O)csc2c1O. The second kappa shape index (κ2) is 2.99. The van der Waals surface area contributed by atoms with Crippen LogP contribution in [0.5, 0.6) is 5.75 Å². The molecule has 14 heavy (non-hydrogen) atoms. The van der Waals surface area contributed by atoms with Crippen LogP contribution in [0.1, 0.15) is 15.9 Å². The fraction of sp³-hybridized carbons (Fsp3) is 0.100. The Labute approximate surface area is 84.2 Å². The van der Waals surface area contributed by atoms with Crippen LogP contribution in [0.3, 0.4) is 0 Å². The second-order valence-electron chi connectivity index (χ2n) is 3.06. The number of aryl methyl sites for hydroxylation is 1. The minimum absolute atomic E-state index is 0.181. The van der Waals surface area contributed by atoms with Gasteiger partial charge in [0.1, 0.15) is 5.75 Å². The van der Waals surface area contributed by atoms with Gasteiger partial charge in [0.25, 0.3) is 0 Å². The third-order valence-electron chi connectivity index (χ3n) is 2.15. The first-order valence-corrected chi connectivity index (χ1v) is 4.92. The Morgan fingerprint density at radius 2 is 2.14 bits per heavy atom. The first kappa shape index (κ1) is 9.02. The van der Waals surface area contributed by atoms with E-state index in [4.69, 9.17) is 5.11 Å². The number of carboxylic acid groups (broad SMARTS) is 1. The highest BCUT2D eigenvalue weighted by Gasteiger charge is 2.13. The Morgan fingerprint density at radius 1 is 1.43 bits per heavy atom. The van der Waals surface area contributed by atoms with Crippen LogP contribution >= 0.6 is 11.3 Å². The van der Waals surface area contributed by atoms with E-state index in [-0.39, 0.29) is 11.3 Å². The smallest absolute Gasteiger partial charge is 0.337 e. The molecule has 0 aliphatic carbocycles. The number of benzene rings is 1. The lowest BCUT2D eigenvalue weighted by atomic mass is 10.1. The molecule has 2 rings (SSSR count). The van der Waals surface area contributed by atoms with Crippen LogP contribution in [0, 0.1) is 6.92 Å². The molecule has 0 saturated carbocycles. The summed E-state index contributed by atoms with van der Waals surface area (Å²) in [5.41, 5.74) is 1.01. The first-order valence-electron chi connectivity index (χ1n) is 4.04. The number of carbonyl (C=O) groups is 1. The van der Waals surface area contributed by atoms with Crippen molar-refractivity contribution in [3.8, 4) is 5.75 Å². The lowest BCUT2D eigenvalue weighted by molar-refractivity contribution is 0.0699. The third-order valence-corrected chi connectivity index (χ3v) is 3.15. The molecule has 3 nitrogen and oxygen atoms in total. The van der Waals surface area contributed by atoms with Crippen molar-refractivity contribution in [1.82, 2.24) is 0 Å². The Hall–Kier alpha value is -1.55. The van der Waals surface area contributed by atoms with Gasteiger partial charge in [0.15, 0.2) is 0 Å². The van der Waals surface area contributed by atoms with E-state index in [1.807, 2.05) is 0 Å². The average Bonchev–Trinajstić information content (AvgIpc) is 2.55. The van der Waals surface area contributed by atoms with E-state index in [9.17, 15) is 9.90 Å². The van der Waals surface area contributed by atoms with Crippen molar-refractivity contribution in [3.05, 3.63) is 28.6 Å². The molecule has 0 unspecified atom stereocenters. The predicted molar refractivity (Wildman–Crippen MR) is 55.2 cm³/mol. The molecule has 0 amide bonds. The van der Waals surface area contributed by atoms with Gasteiger partial charge in [-0.05, 0) is 12.5 Å². The Bertz CT molecular complexity index is 513. The van der Waals surface area contributed by atoms with Crippen molar-refractivity contribution in [1.29, 1.82) is 0 Å². The molecular weight excluding hydrogens is 200 g/mol. The normalized spacial score (nSPS) is 10.6. The summed E-state index contributed by atoms with van der Waals surface area (Å²) in [5.74, 6) is -0.778. The molecule has 1 aromatic carbocycles. The number of aromatic hydroxyl groups is 1. The molecule has 0 fully saturated rings. The average molecular weight is 208 g/mol. The van der Waals surface area contributed by atoms with Crippen molar-refractivity contribution in [3.63, 3.8) is 0 Å². The van der Waals surface area contributed by atoms with Crippen LogP contribution in [0.25, 0.3) is 10.1 Å². The fourth-order valence-corrected chi connectivity index (χ4v) is 2.39. The quantitative estimate of drug-likeness (QED) is 0.757. The number of hydrogen-bond donors (Lipinski definition) is 2. The summed E-state index contributed by atoms with van der Waals surface area (Å²) in [6.07, 6.45) is 0. The summed E-state index contributed by atoms with van der Waals surface area (Å²) in [6.45, 7) is 1.79. The largest absolute Gasteiger partial charge is 0.506 e. The fourth-order valence-electron chi connectivity index (χ4n) is 1.35. The molecule has 0 spiro atoms. The number of aromatic carboxylic acids is 1. The van der Waals surface area contributed by atoms with E-state index in [2.05, 4.69) is 0 Å². The van der Waals surface area contributed by atoms with E-state index in [0.717, 1.165) is 5.56 Å². The highest BCUT2D eigenvalue weighted by Crippen LogP contribution is 2.35. The van der Waals surface area contributed by atoms with Crippen LogP contribution < -0.4 is 0 Å². The summed E-state index contributed by atoms with van der Waals surface area (Å²) >= 11 is 1.25. The standard InChI is InChI=1S/C10H8O3S/c1-5-2-3-6-7(10(12)13)4-14-9(6)8(5)11/h2-4,11H,1H3,(H,12,13). The van der Waals surface area contributed by atoms with Gasteiger partial charge in [0.2, 0.25) is 0 Å². The van der Waals surface area contributed by atoms with Crippen molar-refractivity contribution < 1.29 is 15.0 Å². The molecule has 2 aromatic rings. The van der Waals surface area contributed by atoms with Gasteiger partial charge in [-0.25, -0.2) is 4.79 Å². The molecule has 0 aliphatic rings. The maximum atomic E-state index is 10.8. The molecule has 0 radical (unpaired) electrons. The van der Waals surface area contributed by atoms with Crippen LogP contribution in [0.15, 0.2) is 17.5 Å². The summed E-state index contributed by atoms with van der Waals surface area (Å²) in [7, 11) is 0. The highest BCUT2D eigenvalue weighted by molar-refractivity contribution is 7.18. The summed E-state index contributed by atoms with van der Waals surface area (Å²) < 4.78 is 0.641. The van der Waals surface area contributed by atoms with E-state index in [0.29, 0.717) is 10.1 Å². The van der Waals surface area contributed by atoms with Gasteiger partial charge in [-0.2, -0.15) is 0 Å². The summed E-state index contributed by atoms with van der Waals surface area (Å²) in [6, 6.07) is 3.45. The topological polar surface area (TPSA) is 57.5 Å². The second-order valence-corrected chi connectivity index (χ2v) is 3.94. The van der Waals surface area contributed by atoms with Gasteiger partial charge in [-0.15, -0.1) is 11.3 Å². The predicted octanol–water partition coefficient (Wildman–Crippen LogP) is 2.61. The van der Waals surface area contributed by atoms with E-state index >= 15 is 0 Å². The highest BCUT2D eigenvalue weighted by atomic mass is 32.1. The number of hydrogen-bond acceptors (Lipinski definition) is 3. The minimum atomic E-state index is -0.959. The minimum Gasteiger partial charge on any atom is -0.506 e. The molecular formula is C10H8O3S. The number of phenolic OH excluding ortho intramolecular Hbond substituents is 1. The molecule has 4 heteroatoms. The van der Waals surface area contributed by atoms with E-state index in [1.165, 1.54) is 11.3 Å². The molecule has 2 N–H and O–H groups in total. The maximum absolute atomic E-state index is 10.8. The Balaban J connectivity index is 2.83. The molecule has 72 valence electrons. The van der Waals surface area contributed by atoms with Gasteiger partial charge in [-0.1, -0.05) is 12.1 Å². The molecule has 0 atom stereocenters. The zero-order chi connectivity index (χ0) is 10.3. The van der Waals surface area contributed by atoms with Gasteiger partial charge in [-0.3, -0.25) is 0 Å². The number of fused-ring (bicyclic) bond motifs is 1. The van der Waals surface area contributed by atoms with Crippen LogP contribution in [0.2, 0.25) is 0 Å². The zero-order valence-electron chi connectivity index (χ0n) is 7.44. The van der Waals surface area contributed by atoms with Crippen molar-refractivity contribution in [2.24, 2.45) is 0 Å². The van der Waals surface area contributed by atoms with E-state index < -0.39 is 5.97 Å². The number of phenols is 1. The number of rotatable bonds is 1.